The zero-order valence-corrected chi connectivity index (χ0v) is 18.1. The predicted octanol–water partition coefficient (Wildman–Crippen LogP) is 5.79. The Morgan fingerprint density at radius 1 is 1.11 bits per heavy atom. The Labute approximate surface area is 180 Å². The number of halogens is 1. The Kier molecular flexibility index (Phi) is 5.96. The van der Waals surface area contributed by atoms with E-state index in [1.54, 1.807) is 22.7 Å². The number of hydrogen-bond donors (Lipinski definition) is 1. The number of hydrogen-bond acceptors (Lipinski definition) is 6. The summed E-state index contributed by atoms with van der Waals surface area (Å²) in [6.07, 6.45) is 0. The third-order valence-corrected chi connectivity index (χ3v) is 7.74. The Bertz CT molecular complexity index is 1110. The molecule has 0 unspecified atom stereocenters. The molecule has 0 radical (unpaired) electrons. The molecule has 0 aliphatic rings. The molecule has 8 heteroatoms. The average Bonchev–Trinajstić information content (AvgIpc) is 3.28. The van der Waals surface area contributed by atoms with Gasteiger partial charge in [0.15, 0.2) is 4.34 Å². The van der Waals surface area contributed by atoms with Gasteiger partial charge in [0.05, 0.1) is 33.2 Å². The molecule has 2 aromatic carbocycles. The lowest BCUT2D eigenvalue weighted by Gasteiger charge is -2.03. The third kappa shape index (κ3) is 4.38. The molecule has 0 saturated heterocycles. The van der Waals surface area contributed by atoms with Crippen LogP contribution in [0, 0.1) is 6.92 Å². The molecule has 1 amide bonds. The molecule has 0 fully saturated rings. The molecule has 4 aromatic rings. The van der Waals surface area contributed by atoms with Gasteiger partial charge in [-0.25, -0.2) is 9.97 Å². The van der Waals surface area contributed by atoms with E-state index < -0.39 is 0 Å². The number of amides is 1. The highest BCUT2D eigenvalue weighted by Gasteiger charge is 2.13. The molecule has 4 nitrogen and oxygen atoms in total. The molecule has 0 bridgehead atoms. The van der Waals surface area contributed by atoms with Crippen molar-refractivity contribution in [2.75, 3.05) is 5.75 Å². The summed E-state index contributed by atoms with van der Waals surface area (Å²) in [6.45, 7) is 2.42. The minimum Gasteiger partial charge on any atom is -0.350 e. The molecular formula is C20H16ClN3OS3. The molecule has 0 spiro atoms. The van der Waals surface area contributed by atoms with Crippen molar-refractivity contribution in [1.29, 1.82) is 0 Å². The van der Waals surface area contributed by atoms with Gasteiger partial charge < -0.3 is 5.32 Å². The van der Waals surface area contributed by atoms with Crippen LogP contribution < -0.4 is 5.32 Å². The van der Waals surface area contributed by atoms with Gasteiger partial charge in [-0.15, -0.1) is 22.7 Å². The van der Waals surface area contributed by atoms with Crippen LogP contribution >= 0.6 is 46.0 Å². The van der Waals surface area contributed by atoms with E-state index in [9.17, 15) is 4.79 Å². The fourth-order valence-electron chi connectivity index (χ4n) is 2.61. The van der Waals surface area contributed by atoms with E-state index in [4.69, 9.17) is 11.6 Å². The molecule has 0 aliphatic heterocycles. The molecule has 0 saturated carbocycles. The van der Waals surface area contributed by atoms with E-state index in [1.165, 1.54) is 11.8 Å². The fourth-order valence-corrected chi connectivity index (χ4v) is 5.83. The maximum atomic E-state index is 12.3. The summed E-state index contributed by atoms with van der Waals surface area (Å²) in [5, 5.41) is 4.53. The monoisotopic (exact) mass is 445 g/mol. The number of nitrogens with one attached hydrogen (secondary N) is 1. The van der Waals surface area contributed by atoms with E-state index in [0.29, 0.717) is 17.3 Å². The molecule has 0 atom stereocenters. The first-order valence-corrected chi connectivity index (χ1v) is 11.6. The topological polar surface area (TPSA) is 54.9 Å². The summed E-state index contributed by atoms with van der Waals surface area (Å²) < 4.78 is 2.05. The lowest BCUT2D eigenvalue weighted by Crippen LogP contribution is -2.24. The summed E-state index contributed by atoms with van der Waals surface area (Å²) in [5.41, 5.74) is 2.81. The highest BCUT2D eigenvalue weighted by Crippen LogP contribution is 2.33. The molecule has 2 aromatic heterocycles. The first-order chi connectivity index (χ1) is 13.6. The smallest absolute Gasteiger partial charge is 0.230 e. The number of benzene rings is 2. The number of nitrogens with zero attached hydrogens (tertiary/aromatic N) is 2. The Morgan fingerprint density at radius 3 is 2.71 bits per heavy atom. The zero-order valence-electron chi connectivity index (χ0n) is 14.9. The Balaban J connectivity index is 1.35. The Morgan fingerprint density at radius 2 is 1.89 bits per heavy atom. The number of carbonyl (C=O) groups excluding carboxylic acids is 1. The van der Waals surface area contributed by atoms with Crippen molar-refractivity contribution in [3.8, 4) is 10.6 Å². The number of aromatic nitrogens is 2. The lowest BCUT2D eigenvalue weighted by molar-refractivity contribution is -0.118. The lowest BCUT2D eigenvalue weighted by atomic mass is 10.2. The van der Waals surface area contributed by atoms with Crippen LogP contribution in [0.25, 0.3) is 20.8 Å². The minimum atomic E-state index is -0.0173. The van der Waals surface area contributed by atoms with Crippen molar-refractivity contribution in [2.24, 2.45) is 0 Å². The van der Waals surface area contributed by atoms with Crippen LogP contribution in [0.1, 0.15) is 10.6 Å². The number of carbonyl (C=O) groups is 1. The van der Waals surface area contributed by atoms with Crippen LogP contribution in [0.4, 0.5) is 0 Å². The third-order valence-electron chi connectivity index (χ3n) is 4.04. The molecular weight excluding hydrogens is 430 g/mol. The van der Waals surface area contributed by atoms with Crippen LogP contribution in [-0.2, 0) is 11.3 Å². The summed E-state index contributed by atoms with van der Waals surface area (Å²) in [7, 11) is 0. The van der Waals surface area contributed by atoms with E-state index in [-0.39, 0.29) is 5.91 Å². The van der Waals surface area contributed by atoms with Gasteiger partial charge in [-0.1, -0.05) is 53.7 Å². The zero-order chi connectivity index (χ0) is 19.5. The summed E-state index contributed by atoms with van der Waals surface area (Å²) in [6, 6.07) is 15.6. The van der Waals surface area contributed by atoms with E-state index in [0.717, 1.165) is 35.7 Å². The number of rotatable bonds is 6. The maximum absolute atomic E-state index is 12.3. The second-order valence-electron chi connectivity index (χ2n) is 6.02. The van der Waals surface area contributed by atoms with Gasteiger partial charge in [-0.3, -0.25) is 4.79 Å². The molecule has 28 heavy (non-hydrogen) atoms. The van der Waals surface area contributed by atoms with Gasteiger partial charge in [0, 0.05) is 10.4 Å². The average molecular weight is 446 g/mol. The van der Waals surface area contributed by atoms with Crippen molar-refractivity contribution >= 4 is 62.2 Å². The van der Waals surface area contributed by atoms with Gasteiger partial charge in [0.2, 0.25) is 5.91 Å². The van der Waals surface area contributed by atoms with E-state index >= 15 is 0 Å². The molecule has 0 aliphatic carbocycles. The van der Waals surface area contributed by atoms with Crippen molar-refractivity contribution in [2.45, 2.75) is 17.8 Å². The summed E-state index contributed by atoms with van der Waals surface area (Å²) in [5.74, 6) is 0.325. The SMILES string of the molecule is Cc1nc(-c2ccccc2Cl)sc1CNC(=O)CSc1nc2ccccc2s1. The van der Waals surface area contributed by atoms with Gasteiger partial charge in [0.1, 0.15) is 5.01 Å². The summed E-state index contributed by atoms with van der Waals surface area (Å²) in [4.78, 5) is 22.4. The van der Waals surface area contributed by atoms with Gasteiger partial charge in [-0.2, -0.15) is 0 Å². The van der Waals surface area contributed by atoms with Gasteiger partial charge in [0.25, 0.3) is 0 Å². The van der Waals surface area contributed by atoms with E-state index in [1.807, 2.05) is 55.5 Å². The van der Waals surface area contributed by atoms with Gasteiger partial charge >= 0.3 is 0 Å². The quantitative estimate of drug-likeness (QED) is 0.381. The van der Waals surface area contributed by atoms with Crippen molar-refractivity contribution in [1.82, 2.24) is 15.3 Å². The van der Waals surface area contributed by atoms with Gasteiger partial charge in [-0.05, 0) is 25.1 Å². The van der Waals surface area contributed by atoms with Crippen molar-refractivity contribution in [3.05, 3.63) is 64.1 Å². The van der Waals surface area contributed by atoms with Crippen LogP contribution in [-0.4, -0.2) is 21.6 Å². The number of thiazole rings is 2. The normalized spacial score (nSPS) is 11.1. The predicted molar refractivity (Wildman–Crippen MR) is 119 cm³/mol. The number of aryl methyl sites for hydroxylation is 1. The minimum absolute atomic E-state index is 0.0173. The molecule has 2 heterocycles. The Hall–Kier alpha value is -1.93. The second-order valence-corrected chi connectivity index (χ2v) is 9.76. The van der Waals surface area contributed by atoms with Crippen molar-refractivity contribution in [3.63, 3.8) is 0 Å². The second kappa shape index (κ2) is 8.61. The van der Waals surface area contributed by atoms with Crippen molar-refractivity contribution < 1.29 is 4.79 Å². The molecule has 4 rings (SSSR count). The highest BCUT2D eigenvalue weighted by molar-refractivity contribution is 8.01. The van der Waals surface area contributed by atoms with Crippen LogP contribution in [0.2, 0.25) is 5.02 Å². The first kappa shape index (κ1) is 19.4. The fraction of sp³-hybridized carbons (Fsp3) is 0.150. The number of thioether (sulfide) groups is 1. The van der Waals surface area contributed by atoms with E-state index in [2.05, 4.69) is 15.3 Å². The molecule has 142 valence electrons. The standard InChI is InChI=1S/C20H16ClN3OS3/c1-12-17(27-19(23-12)13-6-2-3-7-14(13)21)10-22-18(25)11-26-20-24-15-8-4-5-9-16(15)28-20/h2-9H,10-11H2,1H3,(H,22,25). The first-order valence-electron chi connectivity index (χ1n) is 8.56. The summed E-state index contributed by atoms with van der Waals surface area (Å²) >= 11 is 10.9. The largest absolute Gasteiger partial charge is 0.350 e. The number of fused-ring (bicyclic) bond motifs is 1. The molecule has 1 N–H and O–H groups in total. The highest BCUT2D eigenvalue weighted by atomic mass is 35.5. The van der Waals surface area contributed by atoms with Crippen LogP contribution in [0.5, 0.6) is 0 Å². The maximum Gasteiger partial charge on any atom is 0.230 e. The van der Waals surface area contributed by atoms with Crippen LogP contribution in [0.15, 0.2) is 52.9 Å². The van der Waals surface area contributed by atoms with Crippen LogP contribution in [0.3, 0.4) is 0 Å². The number of para-hydroxylation sites is 1.